The average molecular weight is 338 g/mol. The van der Waals surface area contributed by atoms with Crippen LogP contribution in [0.25, 0.3) is 11.1 Å². The molecule has 5 heteroatoms. The van der Waals surface area contributed by atoms with Crippen LogP contribution in [0.3, 0.4) is 0 Å². The molecule has 0 radical (unpaired) electrons. The molecule has 3 aromatic rings. The van der Waals surface area contributed by atoms with Crippen molar-refractivity contribution in [2.45, 2.75) is 33.1 Å². The number of hydrogen-bond donors (Lipinski definition) is 1. The zero-order valence-corrected chi connectivity index (χ0v) is 14.9. The molecule has 0 atom stereocenters. The second-order valence-corrected chi connectivity index (χ2v) is 7.00. The first kappa shape index (κ1) is 17.0. The zero-order valence-electron chi connectivity index (χ0n) is 14.9. The highest BCUT2D eigenvalue weighted by Crippen LogP contribution is 2.30. The van der Waals surface area contributed by atoms with Crippen molar-refractivity contribution >= 4 is 22.7 Å². The van der Waals surface area contributed by atoms with E-state index in [-0.39, 0.29) is 17.9 Å². The number of nitrogens with zero attached hydrogens (tertiary/aromatic N) is 1. The summed E-state index contributed by atoms with van der Waals surface area (Å²) in [5.41, 5.74) is 3.10. The lowest BCUT2D eigenvalue weighted by atomic mass is 9.86. The van der Waals surface area contributed by atoms with Crippen LogP contribution in [-0.4, -0.2) is 17.5 Å². The second kappa shape index (κ2) is 6.59. The van der Waals surface area contributed by atoms with Crippen LogP contribution >= 0.6 is 0 Å². The van der Waals surface area contributed by atoms with Crippen molar-refractivity contribution in [2.24, 2.45) is 0 Å². The Bertz CT molecular complexity index is 907. The number of anilines is 1. The molecule has 1 aromatic heterocycles. The number of aromatic nitrogens is 1. The van der Waals surface area contributed by atoms with Gasteiger partial charge in [-0.1, -0.05) is 39.0 Å². The van der Waals surface area contributed by atoms with Crippen molar-refractivity contribution in [3.63, 3.8) is 0 Å². The van der Waals surface area contributed by atoms with E-state index in [0.717, 1.165) is 11.3 Å². The molecule has 3 rings (SSSR count). The van der Waals surface area contributed by atoms with Gasteiger partial charge < -0.3 is 14.5 Å². The largest absolute Gasteiger partial charge is 0.483 e. The van der Waals surface area contributed by atoms with Crippen LogP contribution in [0.1, 0.15) is 32.2 Å². The molecule has 0 aliphatic carbocycles. The number of carbonyl (C=O) groups is 1. The minimum Gasteiger partial charge on any atom is -0.483 e. The van der Waals surface area contributed by atoms with E-state index in [1.54, 1.807) is 25.1 Å². The molecule has 5 nitrogen and oxygen atoms in total. The first-order valence-corrected chi connectivity index (χ1v) is 8.22. The third-order valence-corrected chi connectivity index (χ3v) is 3.83. The summed E-state index contributed by atoms with van der Waals surface area (Å²) in [6, 6.07) is 13.2. The molecule has 0 saturated carbocycles. The summed E-state index contributed by atoms with van der Waals surface area (Å²) in [6.07, 6.45) is 0. The van der Waals surface area contributed by atoms with Crippen LogP contribution in [-0.2, 0) is 10.2 Å². The van der Waals surface area contributed by atoms with Crippen molar-refractivity contribution in [3.8, 4) is 5.75 Å². The Morgan fingerprint density at radius 1 is 1.20 bits per heavy atom. The van der Waals surface area contributed by atoms with Gasteiger partial charge >= 0.3 is 0 Å². The van der Waals surface area contributed by atoms with Crippen LogP contribution in [0.15, 0.2) is 46.9 Å². The average Bonchev–Trinajstić information content (AvgIpc) is 2.91. The summed E-state index contributed by atoms with van der Waals surface area (Å²) in [7, 11) is 0. The van der Waals surface area contributed by atoms with E-state index in [1.165, 1.54) is 0 Å². The van der Waals surface area contributed by atoms with Gasteiger partial charge in [-0.2, -0.15) is 0 Å². The molecule has 130 valence electrons. The molecule has 0 aliphatic rings. The van der Waals surface area contributed by atoms with E-state index >= 15 is 0 Å². The molecule has 0 bridgehead atoms. The van der Waals surface area contributed by atoms with E-state index in [9.17, 15) is 4.79 Å². The van der Waals surface area contributed by atoms with Crippen LogP contribution in [0.5, 0.6) is 5.75 Å². The highest BCUT2D eigenvalue weighted by Gasteiger charge is 2.19. The highest BCUT2D eigenvalue weighted by molar-refractivity contribution is 5.93. The Morgan fingerprint density at radius 2 is 1.96 bits per heavy atom. The summed E-state index contributed by atoms with van der Waals surface area (Å²) < 4.78 is 11.2. The fourth-order valence-electron chi connectivity index (χ4n) is 2.67. The topological polar surface area (TPSA) is 64.4 Å². The number of amides is 1. The molecule has 0 saturated heterocycles. The molecular formula is C20H22N2O3. The fraction of sp³-hybridized carbons (Fsp3) is 0.300. The Kier molecular flexibility index (Phi) is 4.49. The van der Waals surface area contributed by atoms with Gasteiger partial charge in [0.1, 0.15) is 11.3 Å². The Balaban J connectivity index is 1.67. The molecule has 0 spiro atoms. The van der Waals surface area contributed by atoms with E-state index in [0.29, 0.717) is 22.7 Å². The molecule has 25 heavy (non-hydrogen) atoms. The highest BCUT2D eigenvalue weighted by atomic mass is 16.5. The van der Waals surface area contributed by atoms with Crippen molar-refractivity contribution in [1.29, 1.82) is 0 Å². The van der Waals surface area contributed by atoms with Crippen LogP contribution < -0.4 is 10.1 Å². The number of carbonyl (C=O) groups excluding carboxylic acids is 1. The van der Waals surface area contributed by atoms with E-state index < -0.39 is 0 Å². The van der Waals surface area contributed by atoms with Crippen molar-refractivity contribution in [1.82, 2.24) is 4.98 Å². The SMILES string of the molecule is Cc1nc2cc(NC(=O)COc3ccccc3C(C)(C)C)ccc2o1. The van der Waals surface area contributed by atoms with Gasteiger partial charge in [0.05, 0.1) is 0 Å². The number of benzene rings is 2. The maximum atomic E-state index is 12.2. The fourth-order valence-corrected chi connectivity index (χ4v) is 2.67. The molecule has 2 aromatic carbocycles. The summed E-state index contributed by atoms with van der Waals surface area (Å²) in [6.45, 7) is 8.08. The summed E-state index contributed by atoms with van der Waals surface area (Å²) >= 11 is 0. The third kappa shape index (κ3) is 3.99. The van der Waals surface area contributed by atoms with Gasteiger partial charge in [0.2, 0.25) is 0 Å². The first-order valence-electron chi connectivity index (χ1n) is 8.22. The van der Waals surface area contributed by atoms with Gasteiger partial charge in [-0.05, 0) is 35.2 Å². The molecule has 1 amide bonds. The Hall–Kier alpha value is -2.82. The van der Waals surface area contributed by atoms with E-state index in [4.69, 9.17) is 9.15 Å². The van der Waals surface area contributed by atoms with Gasteiger partial charge in [0, 0.05) is 12.6 Å². The normalized spacial score (nSPS) is 11.5. The van der Waals surface area contributed by atoms with Gasteiger partial charge in [-0.25, -0.2) is 4.98 Å². The zero-order chi connectivity index (χ0) is 18.0. The summed E-state index contributed by atoms with van der Waals surface area (Å²) in [5.74, 6) is 1.11. The number of para-hydroxylation sites is 1. The van der Waals surface area contributed by atoms with Gasteiger partial charge in [-0.15, -0.1) is 0 Å². The lowest BCUT2D eigenvalue weighted by molar-refractivity contribution is -0.118. The van der Waals surface area contributed by atoms with E-state index in [1.807, 2.05) is 24.3 Å². The molecule has 0 fully saturated rings. The first-order chi connectivity index (χ1) is 11.8. The predicted octanol–water partition coefficient (Wildman–Crippen LogP) is 4.45. The molecular weight excluding hydrogens is 316 g/mol. The minimum absolute atomic E-state index is 0.0526. The van der Waals surface area contributed by atoms with Gasteiger partial charge in [0.15, 0.2) is 18.1 Å². The number of rotatable bonds is 4. The third-order valence-electron chi connectivity index (χ3n) is 3.83. The molecule has 0 aliphatic heterocycles. The number of aryl methyl sites for hydroxylation is 1. The standard InChI is InChI=1S/C20H22N2O3/c1-13-21-16-11-14(9-10-18(16)25-13)22-19(23)12-24-17-8-6-5-7-15(17)20(2,3)4/h5-11H,12H2,1-4H3,(H,22,23). The van der Waals surface area contributed by atoms with Crippen LogP contribution in [0.4, 0.5) is 5.69 Å². The molecule has 0 unspecified atom stereocenters. The summed E-state index contributed by atoms with van der Waals surface area (Å²) in [4.78, 5) is 16.5. The van der Waals surface area contributed by atoms with Gasteiger partial charge in [0.25, 0.3) is 5.91 Å². The number of hydrogen-bond acceptors (Lipinski definition) is 4. The van der Waals surface area contributed by atoms with Crippen molar-refractivity contribution in [2.75, 3.05) is 11.9 Å². The number of oxazole rings is 1. The predicted molar refractivity (Wildman–Crippen MR) is 98.0 cm³/mol. The molecule has 1 heterocycles. The number of fused-ring (bicyclic) bond motifs is 1. The van der Waals surface area contributed by atoms with Crippen LogP contribution in [0, 0.1) is 6.92 Å². The Labute approximate surface area is 147 Å². The monoisotopic (exact) mass is 338 g/mol. The van der Waals surface area contributed by atoms with Crippen molar-refractivity contribution < 1.29 is 13.9 Å². The van der Waals surface area contributed by atoms with Crippen molar-refractivity contribution in [3.05, 3.63) is 53.9 Å². The number of nitrogens with one attached hydrogen (secondary N) is 1. The molecule has 1 N–H and O–H groups in total. The Morgan fingerprint density at radius 3 is 2.72 bits per heavy atom. The maximum absolute atomic E-state index is 12.2. The second-order valence-electron chi connectivity index (χ2n) is 7.00. The smallest absolute Gasteiger partial charge is 0.262 e. The summed E-state index contributed by atoms with van der Waals surface area (Å²) in [5, 5.41) is 2.83. The van der Waals surface area contributed by atoms with Crippen LogP contribution in [0.2, 0.25) is 0 Å². The van der Waals surface area contributed by atoms with Gasteiger partial charge in [-0.3, -0.25) is 4.79 Å². The maximum Gasteiger partial charge on any atom is 0.262 e. The minimum atomic E-state index is -0.219. The lowest BCUT2D eigenvalue weighted by Crippen LogP contribution is -2.21. The number of ether oxygens (including phenoxy) is 1. The van der Waals surface area contributed by atoms with E-state index in [2.05, 4.69) is 31.1 Å². The quantitative estimate of drug-likeness (QED) is 0.763. The lowest BCUT2D eigenvalue weighted by Gasteiger charge is -2.22.